The summed E-state index contributed by atoms with van der Waals surface area (Å²) in [6.45, 7) is 0.426. The first-order valence-electron chi connectivity index (χ1n) is 6.15. The zero-order valence-electron chi connectivity index (χ0n) is 11.8. The number of primary amides is 1. The lowest BCUT2D eigenvalue weighted by Gasteiger charge is -2.11. The number of amides is 2. The van der Waals surface area contributed by atoms with Gasteiger partial charge in [0.15, 0.2) is 11.5 Å². The molecular formula is C13H18N2O6. The van der Waals surface area contributed by atoms with Gasteiger partial charge in [0.2, 0.25) is 5.75 Å². The highest BCUT2D eigenvalue weighted by Crippen LogP contribution is 2.37. The van der Waals surface area contributed by atoms with Crippen molar-refractivity contribution in [3.8, 4) is 17.2 Å². The lowest BCUT2D eigenvalue weighted by atomic mass is 10.2. The van der Waals surface area contributed by atoms with E-state index in [1.807, 2.05) is 0 Å². The number of rotatable bonds is 7. The SMILES string of the molecule is COc1cc(C(=O)OCCCNC(N)=O)cc(OC)c1O. The molecule has 0 radical (unpaired) electrons. The van der Waals surface area contributed by atoms with Crippen LogP contribution in [0.5, 0.6) is 17.2 Å². The van der Waals surface area contributed by atoms with E-state index in [9.17, 15) is 14.7 Å². The zero-order chi connectivity index (χ0) is 15.8. The summed E-state index contributed by atoms with van der Waals surface area (Å²) in [5, 5.41) is 12.1. The molecule has 0 heterocycles. The van der Waals surface area contributed by atoms with E-state index in [-0.39, 0.29) is 29.4 Å². The second-order valence-corrected chi connectivity index (χ2v) is 4.01. The number of phenolic OH excluding ortho intramolecular Hbond substituents is 1. The number of nitrogens with one attached hydrogen (secondary N) is 1. The van der Waals surface area contributed by atoms with Crippen molar-refractivity contribution < 1.29 is 28.9 Å². The molecule has 4 N–H and O–H groups in total. The number of aromatic hydroxyl groups is 1. The van der Waals surface area contributed by atoms with Crippen LogP contribution >= 0.6 is 0 Å². The van der Waals surface area contributed by atoms with E-state index in [1.54, 1.807) is 0 Å². The lowest BCUT2D eigenvalue weighted by Crippen LogP contribution is -2.30. The largest absolute Gasteiger partial charge is 0.502 e. The van der Waals surface area contributed by atoms with Gasteiger partial charge in [-0.1, -0.05) is 0 Å². The molecule has 1 rings (SSSR count). The Kier molecular flexibility index (Phi) is 6.12. The minimum Gasteiger partial charge on any atom is -0.502 e. The first kappa shape index (κ1) is 16.4. The van der Waals surface area contributed by atoms with Gasteiger partial charge in [-0.25, -0.2) is 9.59 Å². The highest BCUT2D eigenvalue weighted by molar-refractivity contribution is 5.91. The fourth-order valence-electron chi connectivity index (χ4n) is 1.54. The van der Waals surface area contributed by atoms with Crippen molar-refractivity contribution in [2.24, 2.45) is 5.73 Å². The normalized spacial score (nSPS) is 9.81. The van der Waals surface area contributed by atoms with Crippen LogP contribution < -0.4 is 20.5 Å². The fourth-order valence-corrected chi connectivity index (χ4v) is 1.54. The fraction of sp³-hybridized carbons (Fsp3) is 0.385. The summed E-state index contributed by atoms with van der Waals surface area (Å²) in [4.78, 5) is 22.3. The first-order chi connectivity index (χ1) is 9.99. The molecule has 0 aliphatic rings. The summed E-state index contributed by atoms with van der Waals surface area (Å²) in [6.07, 6.45) is 0.432. The van der Waals surface area contributed by atoms with Gasteiger partial charge in [-0.2, -0.15) is 0 Å². The number of carbonyl (C=O) groups excluding carboxylic acids is 2. The van der Waals surface area contributed by atoms with Gasteiger partial charge in [-0.05, 0) is 18.6 Å². The first-order valence-corrected chi connectivity index (χ1v) is 6.15. The van der Waals surface area contributed by atoms with Crippen LogP contribution in [0.3, 0.4) is 0 Å². The molecule has 0 bridgehead atoms. The maximum absolute atomic E-state index is 11.9. The molecule has 0 aliphatic carbocycles. The average Bonchev–Trinajstić information content (AvgIpc) is 2.46. The summed E-state index contributed by atoms with van der Waals surface area (Å²) >= 11 is 0. The Morgan fingerprint density at radius 2 is 1.81 bits per heavy atom. The van der Waals surface area contributed by atoms with Gasteiger partial charge in [0.25, 0.3) is 0 Å². The lowest BCUT2D eigenvalue weighted by molar-refractivity contribution is 0.0501. The molecular weight excluding hydrogens is 280 g/mol. The molecule has 21 heavy (non-hydrogen) atoms. The topological polar surface area (TPSA) is 120 Å². The van der Waals surface area contributed by atoms with Crippen molar-refractivity contribution >= 4 is 12.0 Å². The molecule has 116 valence electrons. The van der Waals surface area contributed by atoms with Crippen molar-refractivity contribution in [1.82, 2.24) is 5.32 Å². The van der Waals surface area contributed by atoms with Crippen LogP contribution in [0.4, 0.5) is 4.79 Å². The third-order valence-electron chi connectivity index (χ3n) is 2.57. The number of benzene rings is 1. The molecule has 0 fully saturated rings. The quantitative estimate of drug-likeness (QED) is 0.501. The highest BCUT2D eigenvalue weighted by atomic mass is 16.5. The Morgan fingerprint density at radius 3 is 2.29 bits per heavy atom. The maximum atomic E-state index is 11.9. The third-order valence-corrected chi connectivity index (χ3v) is 2.57. The molecule has 0 atom stereocenters. The van der Waals surface area contributed by atoms with Gasteiger partial charge in [0.05, 0.1) is 26.4 Å². The number of carbonyl (C=O) groups is 2. The molecule has 0 saturated heterocycles. The minimum atomic E-state index is -0.630. The summed E-state index contributed by atoms with van der Waals surface area (Å²) < 4.78 is 14.9. The van der Waals surface area contributed by atoms with Crippen molar-refractivity contribution in [2.75, 3.05) is 27.4 Å². The van der Waals surface area contributed by atoms with E-state index in [2.05, 4.69) is 5.32 Å². The van der Waals surface area contributed by atoms with E-state index in [0.717, 1.165) is 0 Å². The maximum Gasteiger partial charge on any atom is 0.338 e. The number of esters is 1. The van der Waals surface area contributed by atoms with Crippen LogP contribution in [-0.2, 0) is 4.74 Å². The van der Waals surface area contributed by atoms with Gasteiger partial charge in [-0.15, -0.1) is 0 Å². The molecule has 0 unspecified atom stereocenters. The monoisotopic (exact) mass is 298 g/mol. The number of ether oxygens (including phenoxy) is 3. The molecule has 1 aromatic rings. The van der Waals surface area contributed by atoms with Crippen molar-refractivity contribution in [1.29, 1.82) is 0 Å². The van der Waals surface area contributed by atoms with Crippen LogP contribution in [0.1, 0.15) is 16.8 Å². The van der Waals surface area contributed by atoms with Gasteiger partial charge < -0.3 is 30.4 Å². The molecule has 0 aliphatic heterocycles. The highest BCUT2D eigenvalue weighted by Gasteiger charge is 2.16. The van der Waals surface area contributed by atoms with E-state index in [4.69, 9.17) is 19.9 Å². The number of urea groups is 1. The van der Waals surface area contributed by atoms with E-state index in [1.165, 1.54) is 26.4 Å². The Bertz CT molecular complexity index is 492. The van der Waals surface area contributed by atoms with E-state index in [0.29, 0.717) is 13.0 Å². The average molecular weight is 298 g/mol. The molecule has 0 spiro atoms. The van der Waals surface area contributed by atoms with Crippen LogP contribution in [0.25, 0.3) is 0 Å². The van der Waals surface area contributed by atoms with Crippen LogP contribution in [-0.4, -0.2) is 44.5 Å². The third kappa shape index (κ3) is 4.75. The van der Waals surface area contributed by atoms with Crippen molar-refractivity contribution in [3.05, 3.63) is 17.7 Å². The van der Waals surface area contributed by atoms with Gasteiger partial charge in [0, 0.05) is 6.54 Å². The molecule has 0 aromatic heterocycles. The number of hydrogen-bond donors (Lipinski definition) is 3. The number of phenols is 1. The Labute approximate surface area is 121 Å². The Morgan fingerprint density at radius 1 is 1.24 bits per heavy atom. The van der Waals surface area contributed by atoms with Crippen molar-refractivity contribution in [3.63, 3.8) is 0 Å². The zero-order valence-corrected chi connectivity index (χ0v) is 11.8. The Hall–Kier alpha value is -2.64. The van der Waals surface area contributed by atoms with Crippen LogP contribution in [0.2, 0.25) is 0 Å². The number of nitrogens with two attached hydrogens (primary N) is 1. The number of hydrogen-bond acceptors (Lipinski definition) is 6. The molecule has 1 aromatic carbocycles. The summed E-state index contributed by atoms with van der Waals surface area (Å²) in [5.41, 5.74) is 5.08. The predicted molar refractivity (Wildman–Crippen MR) is 73.7 cm³/mol. The summed E-state index contributed by atoms with van der Waals surface area (Å²) in [5.74, 6) is -0.568. The predicted octanol–water partition coefficient (Wildman–Crippen LogP) is 0.625. The van der Waals surface area contributed by atoms with Gasteiger partial charge >= 0.3 is 12.0 Å². The van der Waals surface area contributed by atoms with Crippen molar-refractivity contribution in [2.45, 2.75) is 6.42 Å². The second kappa shape index (κ2) is 7.83. The number of methoxy groups -OCH3 is 2. The second-order valence-electron chi connectivity index (χ2n) is 4.01. The molecule has 0 saturated carbocycles. The van der Waals surface area contributed by atoms with Gasteiger partial charge in [-0.3, -0.25) is 0 Å². The Balaban J connectivity index is 2.63. The van der Waals surface area contributed by atoms with E-state index < -0.39 is 12.0 Å². The smallest absolute Gasteiger partial charge is 0.338 e. The molecule has 8 nitrogen and oxygen atoms in total. The molecule has 8 heteroatoms. The van der Waals surface area contributed by atoms with E-state index >= 15 is 0 Å². The van der Waals surface area contributed by atoms with Gasteiger partial charge in [0.1, 0.15) is 0 Å². The summed E-state index contributed by atoms with van der Waals surface area (Å²) in [7, 11) is 2.72. The summed E-state index contributed by atoms with van der Waals surface area (Å²) in [6, 6.07) is 2.07. The van der Waals surface area contributed by atoms with Crippen LogP contribution in [0, 0.1) is 0 Å². The standard InChI is InChI=1S/C13H18N2O6/c1-19-9-6-8(7-10(20-2)11(9)16)12(17)21-5-3-4-15-13(14)18/h6-7,16H,3-5H2,1-2H3,(H3,14,15,18). The van der Waals surface area contributed by atoms with Crippen LogP contribution in [0.15, 0.2) is 12.1 Å². The minimum absolute atomic E-state index is 0.108. The molecule has 2 amide bonds.